The van der Waals surface area contributed by atoms with Gasteiger partial charge < -0.3 is 24.3 Å². The second-order valence-corrected chi connectivity index (χ2v) is 8.47. The van der Waals surface area contributed by atoms with Crippen LogP contribution in [0.25, 0.3) is 10.9 Å². The van der Waals surface area contributed by atoms with Crippen molar-refractivity contribution in [3.05, 3.63) is 60.2 Å². The maximum Gasteiger partial charge on any atom is 0.231 e. The van der Waals surface area contributed by atoms with Crippen molar-refractivity contribution in [1.29, 1.82) is 0 Å². The summed E-state index contributed by atoms with van der Waals surface area (Å²) >= 11 is 5.60. The molecule has 2 aromatic heterocycles. The molecule has 0 saturated heterocycles. The average molecular weight is 490 g/mol. The first kappa shape index (κ1) is 22.7. The lowest BCUT2D eigenvalue weighted by molar-refractivity contribution is 0.174. The number of thiocarbonyl (C=S) groups is 1. The predicted molar refractivity (Wildman–Crippen MR) is 135 cm³/mol. The van der Waals surface area contributed by atoms with Gasteiger partial charge in [-0.25, -0.2) is 19.9 Å². The van der Waals surface area contributed by atoms with Crippen LogP contribution < -0.4 is 24.3 Å². The molecule has 5 rings (SSSR count). The van der Waals surface area contributed by atoms with Crippen LogP contribution >= 0.6 is 12.2 Å². The number of anilines is 2. The molecular weight excluding hydrogens is 466 g/mol. The highest BCUT2D eigenvalue weighted by atomic mass is 32.1. The van der Waals surface area contributed by atoms with Crippen LogP contribution in [0, 0.1) is 0 Å². The van der Waals surface area contributed by atoms with Gasteiger partial charge in [0, 0.05) is 30.3 Å². The normalized spacial score (nSPS) is 11.9. The van der Waals surface area contributed by atoms with Gasteiger partial charge in [0.05, 0.1) is 19.7 Å². The predicted octanol–water partition coefficient (Wildman–Crippen LogP) is 4.45. The summed E-state index contributed by atoms with van der Waals surface area (Å²) in [5.41, 5.74) is 2.83. The molecule has 0 bridgehead atoms. The van der Waals surface area contributed by atoms with Crippen LogP contribution in [0.4, 0.5) is 11.8 Å². The highest BCUT2D eigenvalue weighted by Crippen LogP contribution is 2.34. The molecule has 2 aromatic carbocycles. The largest absolute Gasteiger partial charge is 0.493 e. The van der Waals surface area contributed by atoms with Crippen molar-refractivity contribution >= 4 is 39.8 Å². The molecule has 0 radical (unpaired) electrons. The Morgan fingerprint density at radius 1 is 0.943 bits per heavy atom. The zero-order valence-corrected chi connectivity index (χ0v) is 20.1. The maximum absolute atomic E-state index is 5.60. The number of benzene rings is 2. The van der Waals surface area contributed by atoms with Gasteiger partial charge in [0.1, 0.15) is 12.1 Å². The Morgan fingerprint density at radius 2 is 1.71 bits per heavy atom. The Kier molecular flexibility index (Phi) is 6.53. The van der Waals surface area contributed by atoms with Crippen LogP contribution in [0.3, 0.4) is 0 Å². The highest BCUT2D eigenvalue weighted by Gasteiger charge is 2.14. The van der Waals surface area contributed by atoms with Gasteiger partial charge in [-0.05, 0) is 47.0 Å². The number of nitrogens with zero attached hydrogens (tertiary/aromatic N) is 4. The summed E-state index contributed by atoms with van der Waals surface area (Å²) in [4.78, 5) is 18.5. The van der Waals surface area contributed by atoms with Crippen molar-refractivity contribution in [3.8, 4) is 23.0 Å². The summed E-state index contributed by atoms with van der Waals surface area (Å²) in [6, 6.07) is 9.62. The smallest absolute Gasteiger partial charge is 0.231 e. The van der Waals surface area contributed by atoms with Crippen LogP contribution in [0.2, 0.25) is 0 Å². The summed E-state index contributed by atoms with van der Waals surface area (Å²) in [5, 5.41) is 3.92. The third-order valence-electron chi connectivity index (χ3n) is 5.61. The van der Waals surface area contributed by atoms with Crippen LogP contribution in [0.1, 0.15) is 17.5 Å². The standard InChI is InChI=1S/C25H23N5O4S/c1-31-21-9-18-19(10-22(21)32-2)28-13-29-24(18)30-25-26-11-16(12-27-25)7-17(35)5-3-15-4-6-20-23(8-15)34-14-33-20/h4,6,8-13H,3,5,7,14H2,1-2H3,(H,26,27,28,29,30). The van der Waals surface area contributed by atoms with Gasteiger partial charge in [-0.3, -0.25) is 0 Å². The van der Waals surface area contributed by atoms with E-state index in [0.29, 0.717) is 35.2 Å². The number of fused-ring (bicyclic) bond motifs is 2. The van der Waals surface area contributed by atoms with Crippen molar-refractivity contribution in [3.63, 3.8) is 0 Å². The third-order valence-corrected chi connectivity index (χ3v) is 5.96. The number of ether oxygens (including phenoxy) is 4. The Hall–Kier alpha value is -4.05. The lowest BCUT2D eigenvalue weighted by Gasteiger charge is -2.11. The van der Waals surface area contributed by atoms with Crippen molar-refractivity contribution in [1.82, 2.24) is 19.9 Å². The Morgan fingerprint density at radius 3 is 2.51 bits per heavy atom. The number of rotatable bonds is 9. The van der Waals surface area contributed by atoms with Gasteiger partial charge in [-0.2, -0.15) is 0 Å². The fourth-order valence-corrected chi connectivity index (χ4v) is 4.06. The molecule has 0 unspecified atom stereocenters. The first-order valence-corrected chi connectivity index (χ1v) is 11.4. The Balaban J connectivity index is 1.22. The zero-order valence-electron chi connectivity index (χ0n) is 19.3. The summed E-state index contributed by atoms with van der Waals surface area (Å²) in [5.74, 6) is 3.76. The molecule has 35 heavy (non-hydrogen) atoms. The molecule has 3 heterocycles. The molecule has 0 amide bonds. The lowest BCUT2D eigenvalue weighted by atomic mass is 10.0. The fraction of sp³-hybridized carbons (Fsp3) is 0.240. The van der Waals surface area contributed by atoms with Crippen molar-refractivity contribution < 1.29 is 18.9 Å². The molecule has 1 aliphatic heterocycles. The minimum Gasteiger partial charge on any atom is -0.493 e. The van der Waals surface area contributed by atoms with Gasteiger partial charge in [0.15, 0.2) is 23.0 Å². The van der Waals surface area contributed by atoms with E-state index in [2.05, 4.69) is 25.3 Å². The van der Waals surface area contributed by atoms with Gasteiger partial charge in [-0.15, -0.1) is 0 Å². The molecule has 1 N–H and O–H groups in total. The number of nitrogens with one attached hydrogen (secondary N) is 1. The molecule has 0 saturated carbocycles. The van der Waals surface area contributed by atoms with Crippen molar-refractivity contribution in [2.75, 3.05) is 26.3 Å². The van der Waals surface area contributed by atoms with E-state index in [1.807, 2.05) is 24.3 Å². The van der Waals surface area contributed by atoms with E-state index in [1.54, 1.807) is 32.7 Å². The highest BCUT2D eigenvalue weighted by molar-refractivity contribution is 7.80. The number of aromatic nitrogens is 4. The molecule has 0 spiro atoms. The minimum absolute atomic E-state index is 0.276. The molecular formula is C25H23N5O4S. The van der Waals surface area contributed by atoms with Gasteiger partial charge in [0.2, 0.25) is 12.7 Å². The number of hydrogen-bond acceptors (Lipinski definition) is 10. The fourth-order valence-electron chi connectivity index (χ4n) is 3.80. The molecule has 0 fully saturated rings. The Labute approximate surface area is 207 Å². The molecule has 4 aromatic rings. The quantitative estimate of drug-likeness (QED) is 0.339. The molecule has 10 heteroatoms. The lowest BCUT2D eigenvalue weighted by Crippen LogP contribution is -2.05. The monoisotopic (exact) mass is 489 g/mol. The van der Waals surface area contributed by atoms with Crippen LogP contribution in [-0.4, -0.2) is 45.8 Å². The summed E-state index contributed by atoms with van der Waals surface area (Å²) in [7, 11) is 3.17. The Bertz CT molecular complexity index is 1380. The summed E-state index contributed by atoms with van der Waals surface area (Å²) in [6.45, 7) is 0.276. The van der Waals surface area contributed by atoms with Crippen LogP contribution in [-0.2, 0) is 12.8 Å². The number of methoxy groups -OCH3 is 2. The molecule has 9 nitrogen and oxygen atoms in total. The van der Waals surface area contributed by atoms with Crippen molar-refractivity contribution in [2.24, 2.45) is 0 Å². The third kappa shape index (κ3) is 5.07. The first-order chi connectivity index (χ1) is 17.1. The van der Waals surface area contributed by atoms with E-state index in [1.165, 1.54) is 11.9 Å². The van der Waals surface area contributed by atoms with Crippen LogP contribution in [0.15, 0.2) is 49.1 Å². The summed E-state index contributed by atoms with van der Waals surface area (Å²) < 4.78 is 21.6. The second kappa shape index (κ2) is 10.1. The number of hydrogen-bond donors (Lipinski definition) is 1. The number of aryl methyl sites for hydroxylation is 1. The average Bonchev–Trinajstić information content (AvgIpc) is 3.36. The van der Waals surface area contributed by atoms with Gasteiger partial charge in [-0.1, -0.05) is 18.3 Å². The molecule has 1 aliphatic rings. The van der Waals surface area contributed by atoms with Crippen molar-refractivity contribution in [2.45, 2.75) is 19.3 Å². The minimum atomic E-state index is 0.276. The van der Waals surface area contributed by atoms with E-state index in [-0.39, 0.29) is 6.79 Å². The second-order valence-electron chi connectivity index (χ2n) is 7.89. The molecule has 178 valence electrons. The van der Waals surface area contributed by atoms with E-state index in [9.17, 15) is 0 Å². The first-order valence-electron chi connectivity index (χ1n) is 11.0. The maximum atomic E-state index is 5.60. The van der Waals surface area contributed by atoms with E-state index >= 15 is 0 Å². The SMILES string of the molecule is COc1cc2ncnc(Nc3ncc(CC(=S)CCc4ccc5c(c4)OCO5)cn3)c2cc1OC. The molecule has 0 atom stereocenters. The molecule has 0 aliphatic carbocycles. The van der Waals surface area contributed by atoms with Gasteiger partial charge >= 0.3 is 0 Å². The zero-order chi connectivity index (χ0) is 24.2. The van der Waals surface area contributed by atoms with E-state index < -0.39 is 0 Å². The topological polar surface area (TPSA) is 101 Å². The van der Waals surface area contributed by atoms with E-state index in [0.717, 1.165) is 40.2 Å². The van der Waals surface area contributed by atoms with Gasteiger partial charge in [0.25, 0.3) is 0 Å². The van der Waals surface area contributed by atoms with Crippen LogP contribution in [0.5, 0.6) is 23.0 Å². The summed E-state index contributed by atoms with van der Waals surface area (Å²) in [6.07, 6.45) is 7.28. The van der Waals surface area contributed by atoms with E-state index in [4.69, 9.17) is 31.2 Å².